The van der Waals surface area contributed by atoms with Crippen molar-refractivity contribution in [3.63, 3.8) is 0 Å². The van der Waals surface area contributed by atoms with Gasteiger partial charge in [0, 0.05) is 11.1 Å². The molecule has 0 unspecified atom stereocenters. The van der Waals surface area contributed by atoms with Gasteiger partial charge in [-0.2, -0.15) is 4.39 Å². The van der Waals surface area contributed by atoms with Crippen molar-refractivity contribution in [1.82, 2.24) is 9.55 Å². The molecule has 5 nitrogen and oxygen atoms in total. The van der Waals surface area contributed by atoms with Gasteiger partial charge in [0.15, 0.2) is 0 Å². The highest BCUT2D eigenvalue weighted by molar-refractivity contribution is 5.51. The van der Waals surface area contributed by atoms with Crippen molar-refractivity contribution < 1.29 is 4.39 Å². The van der Waals surface area contributed by atoms with Crippen LogP contribution in [-0.2, 0) is 5.54 Å². The van der Waals surface area contributed by atoms with Crippen LogP contribution in [0.4, 0.5) is 10.2 Å². The molecule has 0 amide bonds. The molecule has 0 radical (unpaired) electrons. The van der Waals surface area contributed by atoms with Gasteiger partial charge in [-0.3, -0.25) is 4.57 Å². The minimum Gasteiger partial charge on any atom is -0.288 e. The normalized spacial score (nSPS) is 11.0. The number of nitrogens with zero attached hydrogens (tertiary/aromatic N) is 5. The van der Waals surface area contributed by atoms with Crippen molar-refractivity contribution >= 4 is 5.82 Å². The van der Waals surface area contributed by atoms with E-state index in [4.69, 9.17) is 5.53 Å². The third-order valence-corrected chi connectivity index (χ3v) is 4.73. The van der Waals surface area contributed by atoms with Crippen molar-refractivity contribution in [2.24, 2.45) is 5.11 Å². The lowest BCUT2D eigenvalue weighted by atomic mass is 9.77. The van der Waals surface area contributed by atoms with E-state index >= 15 is 4.39 Å². The Morgan fingerprint density at radius 3 is 1.61 bits per heavy atom. The van der Waals surface area contributed by atoms with E-state index in [0.29, 0.717) is 0 Å². The quantitative estimate of drug-likeness (QED) is 0.190. The Kier molecular flexibility index (Phi) is 4.62. The molecule has 0 aliphatic rings. The maximum Gasteiger partial charge on any atom is 0.290 e. The second-order valence-corrected chi connectivity index (χ2v) is 6.24. The number of aromatic nitrogens is 2. The first kappa shape index (κ1) is 17.5. The van der Waals surface area contributed by atoms with Crippen LogP contribution in [0.5, 0.6) is 0 Å². The van der Waals surface area contributed by atoms with Gasteiger partial charge in [0.2, 0.25) is 0 Å². The van der Waals surface area contributed by atoms with Crippen LogP contribution in [0.3, 0.4) is 0 Å². The van der Waals surface area contributed by atoms with Gasteiger partial charge in [-0.1, -0.05) is 91.0 Å². The topological polar surface area (TPSA) is 66.6 Å². The van der Waals surface area contributed by atoms with Gasteiger partial charge in [0.1, 0.15) is 11.4 Å². The fraction of sp³-hybridized carbons (Fsp3) is 0.0455. The molecule has 4 aromatic rings. The average Bonchev–Trinajstić information content (AvgIpc) is 3.12. The molecule has 136 valence electrons. The first-order valence-corrected chi connectivity index (χ1v) is 8.74. The highest BCUT2D eigenvalue weighted by Gasteiger charge is 2.40. The van der Waals surface area contributed by atoms with E-state index in [1.54, 1.807) is 0 Å². The summed E-state index contributed by atoms with van der Waals surface area (Å²) in [4.78, 5) is 6.56. The standard InChI is InChI=1S/C22H16FN5/c23-21-25-20(26-27-24)16-28(21)22(17-10-4-1-5-11-17,18-12-6-2-7-13-18)19-14-8-3-9-15-19/h1-16H. The fourth-order valence-corrected chi connectivity index (χ4v) is 3.63. The van der Waals surface area contributed by atoms with Crippen LogP contribution in [0.25, 0.3) is 10.4 Å². The predicted molar refractivity (Wildman–Crippen MR) is 106 cm³/mol. The van der Waals surface area contributed by atoms with Gasteiger partial charge in [-0.15, -0.1) is 0 Å². The SMILES string of the molecule is [N-]=[N+]=Nc1cn(C(c2ccccc2)(c2ccccc2)c2ccccc2)c(F)n1. The summed E-state index contributed by atoms with van der Waals surface area (Å²) in [6.07, 6.45) is 0.709. The second kappa shape index (κ2) is 7.39. The van der Waals surface area contributed by atoms with Gasteiger partial charge in [0.25, 0.3) is 6.08 Å². The zero-order chi connectivity index (χ0) is 19.4. The second-order valence-electron chi connectivity index (χ2n) is 6.24. The minimum absolute atomic E-state index is 0.0211. The van der Waals surface area contributed by atoms with Crippen molar-refractivity contribution in [2.75, 3.05) is 0 Å². The Morgan fingerprint density at radius 2 is 1.21 bits per heavy atom. The zero-order valence-electron chi connectivity index (χ0n) is 14.9. The first-order chi connectivity index (χ1) is 13.8. The highest BCUT2D eigenvalue weighted by Crippen LogP contribution is 2.42. The Labute approximate surface area is 161 Å². The number of azide groups is 1. The Bertz CT molecular complexity index is 1020. The van der Waals surface area contributed by atoms with Crippen LogP contribution in [0.2, 0.25) is 0 Å². The Morgan fingerprint density at radius 1 is 0.786 bits per heavy atom. The molecule has 1 heterocycles. The summed E-state index contributed by atoms with van der Waals surface area (Å²) in [5.41, 5.74) is 10.3. The number of hydrogen-bond donors (Lipinski definition) is 0. The summed E-state index contributed by atoms with van der Waals surface area (Å²) in [5, 5.41) is 3.49. The average molecular weight is 369 g/mol. The highest BCUT2D eigenvalue weighted by atomic mass is 19.1. The summed E-state index contributed by atoms with van der Waals surface area (Å²) < 4.78 is 16.6. The number of imidazole rings is 1. The molecular formula is C22H16FN5. The van der Waals surface area contributed by atoms with Gasteiger partial charge < -0.3 is 0 Å². The molecule has 0 fully saturated rings. The largest absolute Gasteiger partial charge is 0.290 e. The Balaban J connectivity index is 2.15. The molecule has 1 aromatic heterocycles. The van der Waals surface area contributed by atoms with Crippen molar-refractivity contribution in [1.29, 1.82) is 0 Å². The van der Waals surface area contributed by atoms with E-state index in [1.807, 2.05) is 91.0 Å². The van der Waals surface area contributed by atoms with Crippen LogP contribution in [0, 0.1) is 6.08 Å². The van der Waals surface area contributed by atoms with Gasteiger partial charge in [-0.05, 0) is 27.3 Å². The van der Waals surface area contributed by atoms with E-state index < -0.39 is 11.6 Å². The third kappa shape index (κ3) is 2.82. The zero-order valence-corrected chi connectivity index (χ0v) is 14.9. The van der Waals surface area contributed by atoms with E-state index in [-0.39, 0.29) is 5.82 Å². The third-order valence-electron chi connectivity index (χ3n) is 4.73. The van der Waals surface area contributed by atoms with E-state index in [0.717, 1.165) is 16.7 Å². The molecule has 0 atom stereocenters. The number of halogens is 1. The number of rotatable bonds is 5. The number of hydrogen-bond acceptors (Lipinski definition) is 2. The van der Waals surface area contributed by atoms with Crippen LogP contribution in [0.15, 0.2) is 102 Å². The van der Waals surface area contributed by atoms with Crippen LogP contribution < -0.4 is 0 Å². The van der Waals surface area contributed by atoms with Crippen molar-refractivity contribution in [3.8, 4) is 0 Å². The molecule has 3 aromatic carbocycles. The first-order valence-electron chi connectivity index (χ1n) is 8.74. The molecule has 0 N–H and O–H groups in total. The van der Waals surface area contributed by atoms with E-state index in [9.17, 15) is 0 Å². The maximum atomic E-state index is 15.2. The molecule has 0 saturated heterocycles. The summed E-state index contributed by atoms with van der Waals surface area (Å²) in [7, 11) is 0. The lowest BCUT2D eigenvalue weighted by molar-refractivity contribution is 0.397. The molecule has 0 saturated carbocycles. The molecule has 0 bridgehead atoms. The lowest BCUT2D eigenvalue weighted by Gasteiger charge is -2.37. The molecule has 0 spiro atoms. The van der Waals surface area contributed by atoms with Crippen molar-refractivity contribution in [2.45, 2.75) is 5.54 Å². The van der Waals surface area contributed by atoms with E-state index in [2.05, 4.69) is 15.0 Å². The predicted octanol–water partition coefficient (Wildman–Crippen LogP) is 5.80. The summed E-state index contributed by atoms with van der Waals surface area (Å²) in [6, 6.07) is 29.0. The van der Waals surface area contributed by atoms with Gasteiger partial charge in [-0.25, -0.2) is 4.98 Å². The molecule has 6 heteroatoms. The van der Waals surface area contributed by atoms with E-state index in [1.165, 1.54) is 10.8 Å². The van der Waals surface area contributed by atoms with Gasteiger partial charge in [0.05, 0.1) is 0 Å². The fourth-order valence-electron chi connectivity index (χ4n) is 3.63. The Hall–Kier alpha value is -3.89. The summed E-state index contributed by atoms with van der Waals surface area (Å²) >= 11 is 0. The van der Waals surface area contributed by atoms with Crippen LogP contribution in [-0.4, -0.2) is 9.55 Å². The molecule has 0 aliphatic heterocycles. The summed E-state index contributed by atoms with van der Waals surface area (Å²) in [5.74, 6) is -0.0211. The smallest absolute Gasteiger partial charge is 0.288 e. The van der Waals surface area contributed by atoms with Crippen LogP contribution >= 0.6 is 0 Å². The monoisotopic (exact) mass is 369 g/mol. The number of benzene rings is 3. The maximum absolute atomic E-state index is 15.2. The molecule has 0 aliphatic carbocycles. The summed E-state index contributed by atoms with van der Waals surface area (Å²) in [6.45, 7) is 0. The lowest BCUT2D eigenvalue weighted by Crippen LogP contribution is -2.38. The molecule has 4 rings (SSSR count). The molecule has 28 heavy (non-hydrogen) atoms. The van der Waals surface area contributed by atoms with Gasteiger partial charge >= 0.3 is 0 Å². The minimum atomic E-state index is -1.02. The molecular weight excluding hydrogens is 353 g/mol. The van der Waals surface area contributed by atoms with Crippen LogP contribution in [0.1, 0.15) is 16.7 Å². The van der Waals surface area contributed by atoms with Crippen molar-refractivity contribution in [3.05, 3.63) is 130 Å².